The number of rotatable bonds is 5. The van der Waals surface area contributed by atoms with E-state index in [1.165, 1.54) is 18.6 Å². The molecule has 0 aromatic carbocycles. The van der Waals surface area contributed by atoms with Crippen LogP contribution in [0.1, 0.15) is 25.5 Å². The topological polar surface area (TPSA) is 78.4 Å². The number of carbonyl (C=O) groups is 2. The number of ether oxygens (including phenoxy) is 2. The van der Waals surface area contributed by atoms with Crippen LogP contribution in [-0.4, -0.2) is 35.1 Å². The summed E-state index contributed by atoms with van der Waals surface area (Å²) < 4.78 is 9.65. The molecule has 0 aliphatic carbocycles. The van der Waals surface area contributed by atoms with Crippen LogP contribution >= 0.6 is 0 Å². The Labute approximate surface area is 99.0 Å². The predicted molar refractivity (Wildman–Crippen MR) is 58.0 cm³/mol. The molecule has 92 valence electrons. The van der Waals surface area contributed by atoms with E-state index in [1.54, 1.807) is 13.8 Å². The second-order valence-corrected chi connectivity index (χ2v) is 3.07. The molecule has 1 aromatic heterocycles. The van der Waals surface area contributed by atoms with E-state index in [0.29, 0.717) is 0 Å². The average Bonchev–Trinajstić information content (AvgIpc) is 2.31. The second kappa shape index (κ2) is 6.57. The third kappa shape index (κ3) is 3.51. The zero-order chi connectivity index (χ0) is 12.7. The SMILES string of the molecule is CCOC(=O)C(C(=O)OCC)c1ccncn1. The minimum Gasteiger partial charge on any atom is -0.465 e. The van der Waals surface area contributed by atoms with Gasteiger partial charge < -0.3 is 9.47 Å². The van der Waals surface area contributed by atoms with Gasteiger partial charge in [-0.15, -0.1) is 0 Å². The van der Waals surface area contributed by atoms with Crippen LogP contribution in [-0.2, 0) is 19.1 Å². The van der Waals surface area contributed by atoms with E-state index in [-0.39, 0.29) is 18.9 Å². The predicted octanol–water partition coefficient (Wildman–Crippen LogP) is 0.686. The van der Waals surface area contributed by atoms with Crippen LogP contribution in [0.5, 0.6) is 0 Å². The molecule has 0 saturated heterocycles. The Morgan fingerprint density at radius 3 is 2.24 bits per heavy atom. The van der Waals surface area contributed by atoms with Crippen molar-refractivity contribution >= 4 is 11.9 Å². The molecule has 1 rings (SSSR count). The van der Waals surface area contributed by atoms with Crippen LogP contribution in [0.4, 0.5) is 0 Å². The largest absolute Gasteiger partial charge is 0.465 e. The molecule has 0 radical (unpaired) electrons. The number of nitrogens with zero attached hydrogens (tertiary/aromatic N) is 2. The number of hydrogen-bond acceptors (Lipinski definition) is 6. The molecule has 0 aliphatic rings. The molecule has 1 heterocycles. The van der Waals surface area contributed by atoms with E-state index in [4.69, 9.17) is 9.47 Å². The molecule has 6 nitrogen and oxygen atoms in total. The van der Waals surface area contributed by atoms with Crippen LogP contribution in [0.2, 0.25) is 0 Å². The molecule has 17 heavy (non-hydrogen) atoms. The lowest BCUT2D eigenvalue weighted by Crippen LogP contribution is -2.27. The van der Waals surface area contributed by atoms with Crippen molar-refractivity contribution in [1.29, 1.82) is 0 Å². The lowest BCUT2D eigenvalue weighted by molar-refractivity contribution is -0.157. The Kier molecular flexibility index (Phi) is 5.06. The highest BCUT2D eigenvalue weighted by Crippen LogP contribution is 2.16. The highest BCUT2D eigenvalue weighted by atomic mass is 16.6. The first-order valence-electron chi connectivity index (χ1n) is 5.29. The van der Waals surface area contributed by atoms with Gasteiger partial charge in [0.15, 0.2) is 5.92 Å². The summed E-state index contributed by atoms with van der Waals surface area (Å²) in [6.07, 6.45) is 2.72. The second-order valence-electron chi connectivity index (χ2n) is 3.07. The van der Waals surface area contributed by atoms with Crippen LogP contribution in [0, 0.1) is 0 Å². The van der Waals surface area contributed by atoms with Crippen molar-refractivity contribution in [3.05, 3.63) is 24.3 Å². The first kappa shape index (κ1) is 13.1. The normalized spacial score (nSPS) is 10.1. The lowest BCUT2D eigenvalue weighted by atomic mass is 10.1. The fraction of sp³-hybridized carbons (Fsp3) is 0.455. The zero-order valence-corrected chi connectivity index (χ0v) is 9.75. The summed E-state index contributed by atoms with van der Waals surface area (Å²) in [5, 5.41) is 0. The molecule has 0 spiro atoms. The highest BCUT2D eigenvalue weighted by molar-refractivity contribution is 6.00. The molecule has 0 atom stereocenters. The van der Waals surface area contributed by atoms with Crippen molar-refractivity contribution in [3.8, 4) is 0 Å². The fourth-order valence-corrected chi connectivity index (χ4v) is 1.26. The van der Waals surface area contributed by atoms with E-state index in [2.05, 4.69) is 9.97 Å². The van der Waals surface area contributed by atoms with E-state index in [1.807, 2.05) is 0 Å². The summed E-state index contributed by atoms with van der Waals surface area (Å²) in [6.45, 7) is 3.72. The zero-order valence-electron chi connectivity index (χ0n) is 9.75. The van der Waals surface area contributed by atoms with Crippen molar-refractivity contribution < 1.29 is 19.1 Å². The first-order chi connectivity index (χ1) is 8.20. The van der Waals surface area contributed by atoms with Crippen molar-refractivity contribution in [3.63, 3.8) is 0 Å². The van der Waals surface area contributed by atoms with Gasteiger partial charge in [0.2, 0.25) is 0 Å². The highest BCUT2D eigenvalue weighted by Gasteiger charge is 2.32. The van der Waals surface area contributed by atoms with Gasteiger partial charge >= 0.3 is 11.9 Å². The Morgan fingerprint density at radius 2 is 1.82 bits per heavy atom. The minimum absolute atomic E-state index is 0.194. The molecule has 0 fully saturated rings. The maximum atomic E-state index is 11.7. The Balaban J connectivity index is 2.94. The van der Waals surface area contributed by atoms with Crippen molar-refractivity contribution in [2.24, 2.45) is 0 Å². The number of carbonyl (C=O) groups excluding carboxylic acids is 2. The minimum atomic E-state index is -1.14. The molecule has 0 N–H and O–H groups in total. The van der Waals surface area contributed by atoms with Crippen LogP contribution < -0.4 is 0 Å². The number of hydrogen-bond donors (Lipinski definition) is 0. The smallest absolute Gasteiger partial charge is 0.326 e. The van der Waals surface area contributed by atoms with Gasteiger partial charge in [-0.1, -0.05) is 0 Å². The van der Waals surface area contributed by atoms with Gasteiger partial charge in [-0.2, -0.15) is 0 Å². The molecule has 6 heteroatoms. The summed E-state index contributed by atoms with van der Waals surface area (Å²) in [5.74, 6) is -2.47. The summed E-state index contributed by atoms with van der Waals surface area (Å²) in [7, 11) is 0. The van der Waals surface area contributed by atoms with Crippen molar-refractivity contribution in [1.82, 2.24) is 9.97 Å². The number of aromatic nitrogens is 2. The van der Waals surface area contributed by atoms with Crippen LogP contribution in [0.25, 0.3) is 0 Å². The molecular weight excluding hydrogens is 224 g/mol. The first-order valence-corrected chi connectivity index (χ1v) is 5.29. The van der Waals surface area contributed by atoms with E-state index in [0.717, 1.165) is 0 Å². The average molecular weight is 238 g/mol. The molecule has 0 amide bonds. The van der Waals surface area contributed by atoms with E-state index < -0.39 is 17.9 Å². The molecule has 0 saturated carbocycles. The fourth-order valence-electron chi connectivity index (χ4n) is 1.26. The summed E-state index contributed by atoms with van der Waals surface area (Å²) in [6, 6.07) is 1.48. The maximum Gasteiger partial charge on any atom is 0.326 e. The summed E-state index contributed by atoms with van der Waals surface area (Å²) in [5.41, 5.74) is 0.275. The number of esters is 2. The van der Waals surface area contributed by atoms with Gasteiger partial charge in [0, 0.05) is 6.20 Å². The standard InChI is InChI=1S/C11H14N2O4/c1-3-16-10(14)9(11(15)17-4-2)8-5-6-12-7-13-8/h5-7,9H,3-4H2,1-2H3. The third-order valence-electron chi connectivity index (χ3n) is 1.95. The molecule has 0 bridgehead atoms. The lowest BCUT2D eigenvalue weighted by Gasteiger charge is -2.13. The van der Waals surface area contributed by atoms with Crippen LogP contribution in [0.3, 0.4) is 0 Å². The molecule has 1 aromatic rings. The van der Waals surface area contributed by atoms with Gasteiger partial charge in [0.25, 0.3) is 0 Å². The van der Waals surface area contributed by atoms with Crippen molar-refractivity contribution in [2.75, 3.05) is 13.2 Å². The van der Waals surface area contributed by atoms with Crippen molar-refractivity contribution in [2.45, 2.75) is 19.8 Å². The van der Waals surface area contributed by atoms with Gasteiger partial charge in [-0.25, -0.2) is 9.97 Å². The third-order valence-corrected chi connectivity index (χ3v) is 1.95. The summed E-state index contributed by atoms with van der Waals surface area (Å²) >= 11 is 0. The van der Waals surface area contributed by atoms with Gasteiger partial charge in [0.05, 0.1) is 18.9 Å². The molecule has 0 unspecified atom stereocenters. The maximum absolute atomic E-state index is 11.7. The summed E-state index contributed by atoms with van der Waals surface area (Å²) in [4.78, 5) is 30.9. The van der Waals surface area contributed by atoms with E-state index >= 15 is 0 Å². The van der Waals surface area contributed by atoms with Gasteiger partial charge in [0.1, 0.15) is 6.33 Å². The van der Waals surface area contributed by atoms with Gasteiger partial charge in [-0.3, -0.25) is 9.59 Å². The Morgan fingerprint density at radius 1 is 1.24 bits per heavy atom. The quantitative estimate of drug-likeness (QED) is 0.554. The Hall–Kier alpha value is -1.98. The van der Waals surface area contributed by atoms with Gasteiger partial charge in [-0.05, 0) is 19.9 Å². The monoisotopic (exact) mass is 238 g/mol. The van der Waals surface area contributed by atoms with E-state index in [9.17, 15) is 9.59 Å². The molecular formula is C11H14N2O4. The Bertz CT molecular complexity index is 362. The molecule has 0 aliphatic heterocycles. The van der Waals surface area contributed by atoms with Crippen LogP contribution in [0.15, 0.2) is 18.6 Å².